The SMILES string of the molecule is CC(C)NC[C@@H](O)COc1ccc(CC(N)=O)cc1. The summed E-state index contributed by atoms with van der Waals surface area (Å²) >= 11 is 0. The minimum Gasteiger partial charge on any atom is -0.491 e. The number of nitrogens with two attached hydrogens (primary N) is 1. The van der Waals surface area contributed by atoms with Crippen molar-refractivity contribution in [2.45, 2.75) is 32.4 Å². The lowest BCUT2D eigenvalue weighted by Gasteiger charge is -2.15. The number of aliphatic hydroxyl groups excluding tert-OH is 1. The van der Waals surface area contributed by atoms with E-state index in [9.17, 15) is 9.90 Å². The van der Waals surface area contributed by atoms with Gasteiger partial charge in [-0.15, -0.1) is 0 Å². The fourth-order valence-corrected chi connectivity index (χ4v) is 1.53. The zero-order chi connectivity index (χ0) is 14.3. The molecule has 0 aliphatic carbocycles. The number of primary amides is 1. The zero-order valence-electron chi connectivity index (χ0n) is 11.4. The molecule has 19 heavy (non-hydrogen) atoms. The molecule has 0 fully saturated rings. The van der Waals surface area contributed by atoms with Crippen LogP contribution in [0, 0.1) is 0 Å². The van der Waals surface area contributed by atoms with Crippen molar-refractivity contribution in [3.63, 3.8) is 0 Å². The van der Waals surface area contributed by atoms with Crippen LogP contribution in [-0.2, 0) is 11.2 Å². The van der Waals surface area contributed by atoms with Gasteiger partial charge in [0, 0.05) is 12.6 Å². The molecular formula is C14H22N2O3. The largest absolute Gasteiger partial charge is 0.491 e. The van der Waals surface area contributed by atoms with Gasteiger partial charge < -0.3 is 20.9 Å². The van der Waals surface area contributed by atoms with E-state index in [1.165, 1.54) is 0 Å². The highest BCUT2D eigenvalue weighted by Gasteiger charge is 2.06. The molecule has 1 aromatic carbocycles. The van der Waals surface area contributed by atoms with Crippen molar-refractivity contribution in [3.8, 4) is 5.75 Å². The average molecular weight is 266 g/mol. The van der Waals surface area contributed by atoms with Gasteiger partial charge in [-0.2, -0.15) is 0 Å². The molecule has 5 heteroatoms. The lowest BCUT2D eigenvalue weighted by atomic mass is 10.1. The van der Waals surface area contributed by atoms with Gasteiger partial charge in [-0.25, -0.2) is 0 Å². The molecule has 1 aromatic rings. The number of nitrogens with one attached hydrogen (secondary N) is 1. The minimum atomic E-state index is -0.548. The van der Waals surface area contributed by atoms with Crippen LogP contribution in [0.1, 0.15) is 19.4 Å². The quantitative estimate of drug-likeness (QED) is 0.638. The molecule has 0 heterocycles. The van der Waals surface area contributed by atoms with Gasteiger partial charge in [-0.05, 0) is 17.7 Å². The van der Waals surface area contributed by atoms with E-state index in [2.05, 4.69) is 5.32 Å². The summed E-state index contributed by atoms with van der Waals surface area (Å²) in [7, 11) is 0. The van der Waals surface area contributed by atoms with Crippen LogP contribution in [0.4, 0.5) is 0 Å². The maximum atomic E-state index is 10.7. The number of benzene rings is 1. The van der Waals surface area contributed by atoms with Crippen molar-refractivity contribution in [3.05, 3.63) is 29.8 Å². The average Bonchev–Trinajstić information content (AvgIpc) is 2.35. The normalized spacial score (nSPS) is 12.4. The Balaban J connectivity index is 2.35. The predicted octanol–water partition coefficient (Wildman–Crippen LogP) is 0.452. The zero-order valence-corrected chi connectivity index (χ0v) is 11.4. The Morgan fingerprint density at radius 2 is 2.00 bits per heavy atom. The number of rotatable bonds is 8. The van der Waals surface area contributed by atoms with Crippen molar-refractivity contribution in [1.82, 2.24) is 5.32 Å². The van der Waals surface area contributed by atoms with E-state index in [-0.39, 0.29) is 18.9 Å². The second kappa shape index (κ2) is 7.76. The number of hydrogen-bond donors (Lipinski definition) is 3. The summed E-state index contributed by atoms with van der Waals surface area (Å²) in [6.45, 7) is 4.77. The van der Waals surface area contributed by atoms with E-state index in [1.54, 1.807) is 24.3 Å². The van der Waals surface area contributed by atoms with Crippen LogP contribution >= 0.6 is 0 Å². The van der Waals surface area contributed by atoms with Gasteiger partial charge in [0.1, 0.15) is 18.5 Å². The van der Waals surface area contributed by atoms with Crippen LogP contribution in [0.5, 0.6) is 5.75 Å². The molecule has 0 aliphatic rings. The molecule has 0 aromatic heterocycles. The Morgan fingerprint density at radius 1 is 1.37 bits per heavy atom. The highest BCUT2D eigenvalue weighted by molar-refractivity contribution is 5.76. The topological polar surface area (TPSA) is 84.6 Å². The lowest BCUT2D eigenvalue weighted by Crippen LogP contribution is -2.35. The van der Waals surface area contributed by atoms with Crippen molar-refractivity contribution in [1.29, 1.82) is 0 Å². The van der Waals surface area contributed by atoms with Gasteiger partial charge in [0.05, 0.1) is 6.42 Å². The van der Waals surface area contributed by atoms with Crippen LogP contribution in [0.2, 0.25) is 0 Å². The molecule has 0 saturated heterocycles. The van der Waals surface area contributed by atoms with Crippen LogP contribution in [0.25, 0.3) is 0 Å². The molecule has 5 nitrogen and oxygen atoms in total. The summed E-state index contributed by atoms with van der Waals surface area (Å²) in [6, 6.07) is 7.45. The maximum Gasteiger partial charge on any atom is 0.221 e. The van der Waals surface area contributed by atoms with Gasteiger partial charge >= 0.3 is 0 Å². The standard InChI is InChI=1S/C14H22N2O3/c1-10(2)16-8-12(17)9-19-13-5-3-11(4-6-13)7-14(15)18/h3-6,10,12,16-17H,7-9H2,1-2H3,(H2,15,18)/t12-/m1/s1. The smallest absolute Gasteiger partial charge is 0.221 e. The van der Waals surface area contributed by atoms with E-state index in [0.29, 0.717) is 18.3 Å². The summed E-state index contributed by atoms with van der Waals surface area (Å²) in [5.74, 6) is 0.306. The van der Waals surface area contributed by atoms with Crippen molar-refractivity contribution >= 4 is 5.91 Å². The molecule has 4 N–H and O–H groups in total. The molecule has 0 bridgehead atoms. The first-order chi connectivity index (χ1) is 8.97. The first kappa shape index (κ1) is 15.5. The number of ether oxygens (including phenoxy) is 1. The third kappa shape index (κ3) is 6.79. The summed E-state index contributed by atoms with van der Waals surface area (Å²) in [5, 5.41) is 12.8. The Labute approximate surface area is 113 Å². The molecule has 1 atom stereocenters. The highest BCUT2D eigenvalue weighted by Crippen LogP contribution is 2.12. The number of carbonyl (C=O) groups excluding carboxylic acids is 1. The Kier molecular flexibility index (Phi) is 6.32. The van der Waals surface area contributed by atoms with Gasteiger partial charge in [-0.3, -0.25) is 4.79 Å². The molecule has 106 valence electrons. The highest BCUT2D eigenvalue weighted by atomic mass is 16.5. The summed E-state index contributed by atoms with van der Waals surface area (Å²) < 4.78 is 5.45. The predicted molar refractivity (Wildman–Crippen MR) is 74.0 cm³/mol. The second-order valence-corrected chi connectivity index (χ2v) is 4.81. The minimum absolute atomic E-state index is 0.223. The van der Waals surface area contributed by atoms with Gasteiger partial charge in [0.2, 0.25) is 5.91 Å². The molecule has 0 unspecified atom stereocenters. The Bertz CT molecular complexity index is 390. The third-order valence-corrected chi connectivity index (χ3v) is 2.51. The number of hydrogen-bond acceptors (Lipinski definition) is 4. The first-order valence-corrected chi connectivity index (χ1v) is 6.39. The van der Waals surface area contributed by atoms with Crippen LogP contribution in [-0.4, -0.2) is 36.3 Å². The molecule has 0 saturated carbocycles. The summed E-state index contributed by atoms with van der Waals surface area (Å²) in [4.78, 5) is 10.7. The first-order valence-electron chi connectivity index (χ1n) is 6.39. The molecule has 0 aliphatic heterocycles. The summed E-state index contributed by atoms with van der Waals surface area (Å²) in [6.07, 6.45) is -0.325. The van der Waals surface area contributed by atoms with E-state index in [1.807, 2.05) is 13.8 Å². The van der Waals surface area contributed by atoms with E-state index < -0.39 is 6.10 Å². The molecule has 0 radical (unpaired) electrons. The van der Waals surface area contributed by atoms with Crippen LogP contribution in [0.15, 0.2) is 24.3 Å². The number of amides is 1. The van der Waals surface area contributed by atoms with Crippen molar-refractivity contribution in [2.75, 3.05) is 13.2 Å². The summed E-state index contributed by atoms with van der Waals surface area (Å²) in [5.41, 5.74) is 5.96. The van der Waals surface area contributed by atoms with Gasteiger partial charge in [-0.1, -0.05) is 26.0 Å². The number of aliphatic hydroxyl groups is 1. The Morgan fingerprint density at radius 3 is 2.53 bits per heavy atom. The fraction of sp³-hybridized carbons (Fsp3) is 0.500. The molecular weight excluding hydrogens is 244 g/mol. The molecule has 1 rings (SSSR count). The monoisotopic (exact) mass is 266 g/mol. The van der Waals surface area contributed by atoms with Gasteiger partial charge in [0.15, 0.2) is 0 Å². The van der Waals surface area contributed by atoms with Crippen LogP contribution in [0.3, 0.4) is 0 Å². The van der Waals surface area contributed by atoms with Crippen molar-refractivity contribution < 1.29 is 14.6 Å². The van der Waals surface area contributed by atoms with Crippen LogP contribution < -0.4 is 15.8 Å². The van der Waals surface area contributed by atoms with Gasteiger partial charge in [0.25, 0.3) is 0 Å². The van der Waals surface area contributed by atoms with E-state index in [0.717, 1.165) is 5.56 Å². The second-order valence-electron chi connectivity index (χ2n) is 4.81. The maximum absolute atomic E-state index is 10.7. The van der Waals surface area contributed by atoms with E-state index in [4.69, 9.17) is 10.5 Å². The third-order valence-electron chi connectivity index (χ3n) is 2.51. The molecule has 0 spiro atoms. The molecule has 1 amide bonds. The Hall–Kier alpha value is -1.59. The fourth-order valence-electron chi connectivity index (χ4n) is 1.53. The lowest BCUT2D eigenvalue weighted by molar-refractivity contribution is -0.117. The van der Waals surface area contributed by atoms with Crippen molar-refractivity contribution in [2.24, 2.45) is 5.73 Å². The van der Waals surface area contributed by atoms with E-state index >= 15 is 0 Å². The number of carbonyl (C=O) groups is 1.